The summed E-state index contributed by atoms with van der Waals surface area (Å²) >= 11 is 0. The van der Waals surface area contributed by atoms with Gasteiger partial charge < -0.3 is 41.0 Å². The van der Waals surface area contributed by atoms with Crippen LogP contribution in [0.3, 0.4) is 0 Å². The van der Waals surface area contributed by atoms with Crippen molar-refractivity contribution in [3.63, 3.8) is 0 Å². The monoisotopic (exact) mass is 285 g/mol. The normalized spacial score (nSPS) is 8.81. The molecule has 10 heteroatoms. The van der Waals surface area contributed by atoms with E-state index in [-0.39, 0.29) is 52.8 Å². The van der Waals surface area contributed by atoms with E-state index in [4.69, 9.17) is 5.11 Å². The Morgan fingerprint density at radius 2 is 1.25 bits per heavy atom. The summed E-state index contributed by atoms with van der Waals surface area (Å²) < 4.78 is 0. The van der Waals surface area contributed by atoms with Crippen molar-refractivity contribution in [2.45, 2.75) is 18.4 Å². The van der Waals surface area contributed by atoms with Crippen LogP contribution in [-0.4, -0.2) is 28.6 Å². The Hall–Kier alpha value is -0.151. The van der Waals surface area contributed by atoms with Gasteiger partial charge in [-0.3, -0.25) is 0 Å². The van der Waals surface area contributed by atoms with Crippen LogP contribution < -0.4 is 51.0 Å². The second kappa shape index (κ2) is 10.0. The summed E-state index contributed by atoms with van der Waals surface area (Å²) in [7, 11) is 0. The van der Waals surface area contributed by atoms with Crippen LogP contribution in [0.5, 0.6) is 0 Å². The Morgan fingerprint density at radius 3 is 1.38 bits per heavy atom. The summed E-state index contributed by atoms with van der Waals surface area (Å²) in [5.41, 5.74) is -2.97. The molecule has 0 amide bonds. The maximum absolute atomic E-state index is 10.1. The first-order valence-electron chi connectivity index (χ1n) is 3.11. The van der Waals surface area contributed by atoms with Crippen molar-refractivity contribution in [3.8, 4) is 0 Å². The first-order valence-corrected chi connectivity index (χ1v) is 3.11. The van der Waals surface area contributed by atoms with E-state index in [0.717, 1.165) is 0 Å². The molecule has 0 radical (unpaired) electrons. The molecule has 0 saturated carbocycles. The predicted octanol–water partition coefficient (Wildman–Crippen LogP) is -8.09. The van der Waals surface area contributed by atoms with Crippen LogP contribution in [0.25, 0.3) is 0 Å². The summed E-state index contributed by atoms with van der Waals surface area (Å²) in [6, 6.07) is 0. The fourth-order valence-corrected chi connectivity index (χ4v) is 0.684. The summed E-state index contributed by atoms with van der Waals surface area (Å²) in [6.45, 7) is 0. The fraction of sp³-hybridized carbons (Fsp3) is 0.500. The van der Waals surface area contributed by atoms with Crippen LogP contribution in [-0.2, 0) is 31.5 Å². The molecule has 88 valence electrons. The van der Waals surface area contributed by atoms with Crippen molar-refractivity contribution in [1.82, 2.24) is 6.15 Å². The van der Waals surface area contributed by atoms with Crippen molar-refractivity contribution < 1.29 is 81.4 Å². The third kappa shape index (κ3) is 9.10. The third-order valence-corrected chi connectivity index (χ3v) is 1.25. The van der Waals surface area contributed by atoms with Crippen molar-refractivity contribution in [1.29, 1.82) is 0 Å². The molecule has 0 aromatic carbocycles. The zero-order chi connectivity index (χ0) is 10.6. The number of aliphatic carboxylic acids is 3. The molecule has 0 aliphatic rings. The summed E-state index contributed by atoms with van der Waals surface area (Å²) in [6.07, 6.45) is -2.72. The molecule has 8 nitrogen and oxygen atoms in total. The average molecular weight is 285 g/mol. The third-order valence-electron chi connectivity index (χ3n) is 1.25. The van der Waals surface area contributed by atoms with E-state index >= 15 is 0 Å². The molecule has 0 atom stereocenters. The minimum absolute atomic E-state index is 0. The molecule has 0 aliphatic heterocycles. The van der Waals surface area contributed by atoms with Gasteiger partial charge in [0.2, 0.25) is 0 Å². The molecular formula is C6H8FeNNaO7. The van der Waals surface area contributed by atoms with Crippen LogP contribution in [0.2, 0.25) is 0 Å². The molecule has 16 heavy (non-hydrogen) atoms. The number of carbonyl (C=O) groups excluding carboxylic acids is 3. The Bertz CT molecular complexity index is 243. The Morgan fingerprint density at radius 1 is 1.00 bits per heavy atom. The quantitative estimate of drug-likeness (QED) is 0.468. The molecule has 0 spiro atoms. The minimum Gasteiger partial charge on any atom is -0.550 e. The first kappa shape index (κ1) is 24.9. The molecule has 0 saturated heterocycles. The van der Waals surface area contributed by atoms with Gasteiger partial charge in [0.15, 0.2) is 0 Å². The molecule has 0 rings (SSSR count). The van der Waals surface area contributed by atoms with Crippen LogP contribution in [0.4, 0.5) is 0 Å². The molecule has 0 fully saturated rings. The van der Waals surface area contributed by atoms with Gasteiger partial charge >= 0.3 is 46.6 Å². The van der Waals surface area contributed by atoms with Gasteiger partial charge in [-0.2, -0.15) is 0 Å². The molecule has 0 aromatic rings. The molecule has 0 aromatic heterocycles. The van der Waals surface area contributed by atoms with Gasteiger partial charge in [-0.05, 0) is 0 Å². The number of carboxylic acids is 3. The number of carboxylic acid groups (broad SMARTS) is 3. The van der Waals surface area contributed by atoms with Crippen molar-refractivity contribution >= 4 is 17.9 Å². The van der Waals surface area contributed by atoms with E-state index in [1.165, 1.54) is 0 Å². The van der Waals surface area contributed by atoms with Crippen LogP contribution in [0.1, 0.15) is 12.8 Å². The Balaban J connectivity index is -0.000000240. The molecule has 4 N–H and O–H groups in total. The molecule has 0 bridgehead atoms. The van der Waals surface area contributed by atoms with E-state index in [1.807, 2.05) is 0 Å². The van der Waals surface area contributed by atoms with Gasteiger partial charge in [0.1, 0.15) is 5.60 Å². The van der Waals surface area contributed by atoms with E-state index in [0.29, 0.717) is 0 Å². The number of hydrogen-bond acceptors (Lipinski definition) is 8. The van der Waals surface area contributed by atoms with Crippen LogP contribution >= 0.6 is 0 Å². The first-order chi connectivity index (χ1) is 5.78. The largest absolute Gasteiger partial charge is 2.00 e. The zero-order valence-electron chi connectivity index (χ0n) is 8.37. The van der Waals surface area contributed by atoms with Gasteiger partial charge in [0.05, 0.1) is 5.97 Å². The minimum atomic E-state index is -2.97. The summed E-state index contributed by atoms with van der Waals surface area (Å²) in [5, 5.41) is 38.9. The maximum Gasteiger partial charge on any atom is 2.00 e. The van der Waals surface area contributed by atoms with Gasteiger partial charge in [-0.15, -0.1) is 0 Å². The molecule has 0 heterocycles. The van der Waals surface area contributed by atoms with Gasteiger partial charge in [0.25, 0.3) is 0 Å². The smallest absolute Gasteiger partial charge is 0.550 e. The molecular weight excluding hydrogens is 277 g/mol. The number of hydrogen-bond donors (Lipinski definition) is 2. The standard InChI is InChI=1S/C6H8O7.Fe.H3N.Na/c7-3(8)1-6(13,5(11)12)2-4(9)10;;;/h13H,1-2H2,(H,7,8)(H,9,10)(H,11,12);;1H3;/q;+2;;+1/p-3. The van der Waals surface area contributed by atoms with E-state index < -0.39 is 36.4 Å². The number of carbonyl (C=O) groups is 3. The SMILES string of the molecule is N.O=C([O-])CC(O)(CC(=O)[O-])C(=O)[O-].[Fe+2].[Na+]. The summed E-state index contributed by atoms with van der Waals surface area (Å²) in [5.74, 6) is -5.98. The summed E-state index contributed by atoms with van der Waals surface area (Å²) in [4.78, 5) is 30.0. The molecule has 0 aliphatic carbocycles. The second-order valence-corrected chi connectivity index (χ2v) is 2.42. The van der Waals surface area contributed by atoms with Gasteiger partial charge in [-0.1, -0.05) is 0 Å². The van der Waals surface area contributed by atoms with Crippen molar-refractivity contribution in [2.24, 2.45) is 0 Å². The van der Waals surface area contributed by atoms with Crippen LogP contribution in [0.15, 0.2) is 0 Å². The van der Waals surface area contributed by atoms with Crippen LogP contribution in [0, 0.1) is 0 Å². The van der Waals surface area contributed by atoms with Crippen molar-refractivity contribution in [2.75, 3.05) is 0 Å². The number of rotatable bonds is 5. The zero-order valence-corrected chi connectivity index (χ0v) is 11.5. The topological polar surface area (TPSA) is 176 Å². The van der Waals surface area contributed by atoms with E-state index in [2.05, 4.69) is 0 Å². The Kier molecular flexibility index (Phi) is 15.6. The van der Waals surface area contributed by atoms with E-state index in [1.54, 1.807) is 0 Å². The average Bonchev–Trinajstić information content (AvgIpc) is 1.82. The van der Waals surface area contributed by atoms with Gasteiger partial charge in [-0.25, -0.2) is 0 Å². The van der Waals surface area contributed by atoms with E-state index in [9.17, 15) is 29.7 Å². The Labute approximate surface area is 123 Å². The maximum atomic E-state index is 10.1. The van der Waals surface area contributed by atoms with Crippen molar-refractivity contribution in [3.05, 3.63) is 0 Å². The second-order valence-electron chi connectivity index (χ2n) is 2.42. The molecule has 0 unspecified atom stereocenters. The van der Waals surface area contributed by atoms with Gasteiger partial charge in [0, 0.05) is 24.8 Å². The fourth-order valence-electron chi connectivity index (χ4n) is 0.684. The predicted molar refractivity (Wildman–Crippen MR) is 34.2 cm³/mol. The number of aliphatic hydroxyl groups is 1.